The van der Waals surface area contributed by atoms with Gasteiger partial charge < -0.3 is 10.2 Å². The van der Waals surface area contributed by atoms with Gasteiger partial charge in [0, 0.05) is 24.7 Å². The second-order valence-electron chi connectivity index (χ2n) is 6.14. The largest absolute Gasteiger partial charge is 0.348 e. The van der Waals surface area contributed by atoms with Crippen LogP contribution in [0.25, 0.3) is 0 Å². The molecule has 0 bridgehead atoms. The van der Waals surface area contributed by atoms with Crippen molar-refractivity contribution in [2.24, 2.45) is 0 Å². The van der Waals surface area contributed by atoms with E-state index in [1.54, 1.807) is 0 Å². The molecule has 1 aliphatic rings. The lowest BCUT2D eigenvalue weighted by Gasteiger charge is -2.21. The number of nitrogens with one attached hydrogen (secondary N) is 1. The molecule has 22 heavy (non-hydrogen) atoms. The molecule has 1 atom stereocenters. The van der Waals surface area contributed by atoms with E-state index >= 15 is 0 Å². The number of likely N-dealkylation sites (tertiary alicyclic amines) is 1. The Morgan fingerprint density at radius 2 is 1.59 bits per heavy atom. The Kier molecular flexibility index (Phi) is 4.44. The number of hydrogen-bond donors (Lipinski definition) is 1. The fourth-order valence-electron chi connectivity index (χ4n) is 2.89. The van der Waals surface area contributed by atoms with E-state index in [0.29, 0.717) is 5.92 Å². The zero-order valence-electron chi connectivity index (χ0n) is 13.2. The summed E-state index contributed by atoms with van der Waals surface area (Å²) in [6, 6.07) is 17.3. The molecular formula is C19H22N2S. The number of nitrogens with zero attached hydrogens (tertiary/aromatic N) is 1. The summed E-state index contributed by atoms with van der Waals surface area (Å²) in [7, 11) is 0. The van der Waals surface area contributed by atoms with Crippen molar-refractivity contribution in [1.82, 2.24) is 4.90 Å². The molecule has 0 amide bonds. The fourth-order valence-corrected chi connectivity index (χ4v) is 3.18. The average Bonchev–Trinajstić information content (AvgIpc) is 3.00. The maximum atomic E-state index is 5.57. The van der Waals surface area contributed by atoms with E-state index in [1.807, 2.05) is 0 Å². The van der Waals surface area contributed by atoms with Crippen molar-refractivity contribution in [3.63, 3.8) is 0 Å². The number of hydrogen-bond acceptors (Lipinski definition) is 1. The Hall–Kier alpha value is -1.87. The zero-order chi connectivity index (χ0) is 15.5. The monoisotopic (exact) mass is 310 g/mol. The third kappa shape index (κ3) is 3.47. The van der Waals surface area contributed by atoms with Gasteiger partial charge in [-0.15, -0.1) is 0 Å². The summed E-state index contributed by atoms with van der Waals surface area (Å²) in [5.74, 6) is 0.582. The molecular weight excluding hydrogens is 288 g/mol. The van der Waals surface area contributed by atoms with E-state index in [2.05, 4.69) is 72.6 Å². The quantitative estimate of drug-likeness (QED) is 0.823. The maximum Gasteiger partial charge on any atom is 0.173 e. The topological polar surface area (TPSA) is 15.3 Å². The molecule has 0 spiro atoms. The number of anilines is 1. The van der Waals surface area contributed by atoms with Crippen LogP contribution in [-0.4, -0.2) is 23.1 Å². The summed E-state index contributed by atoms with van der Waals surface area (Å²) in [6.07, 6.45) is 1.17. The highest BCUT2D eigenvalue weighted by atomic mass is 32.1. The minimum absolute atomic E-state index is 0.582. The Morgan fingerprint density at radius 1 is 1.00 bits per heavy atom. The van der Waals surface area contributed by atoms with Crippen LogP contribution in [0.15, 0.2) is 48.5 Å². The molecule has 1 saturated heterocycles. The first-order chi connectivity index (χ1) is 10.6. The van der Waals surface area contributed by atoms with Crippen molar-refractivity contribution in [1.29, 1.82) is 0 Å². The molecule has 114 valence electrons. The second kappa shape index (κ2) is 6.49. The van der Waals surface area contributed by atoms with Crippen LogP contribution in [-0.2, 0) is 0 Å². The Morgan fingerprint density at radius 3 is 2.23 bits per heavy atom. The third-order valence-electron chi connectivity index (χ3n) is 4.33. The van der Waals surface area contributed by atoms with Crippen LogP contribution in [0.5, 0.6) is 0 Å². The van der Waals surface area contributed by atoms with Crippen molar-refractivity contribution in [2.45, 2.75) is 26.2 Å². The first-order valence-electron chi connectivity index (χ1n) is 7.81. The van der Waals surface area contributed by atoms with Crippen molar-refractivity contribution in [3.05, 3.63) is 65.2 Å². The maximum absolute atomic E-state index is 5.57. The number of benzene rings is 2. The first kappa shape index (κ1) is 15.0. The zero-order valence-corrected chi connectivity index (χ0v) is 14.0. The Bertz CT molecular complexity index is 646. The second-order valence-corrected chi connectivity index (χ2v) is 6.53. The molecule has 1 heterocycles. The van der Waals surface area contributed by atoms with Gasteiger partial charge in [0.05, 0.1) is 0 Å². The molecule has 2 aromatic rings. The van der Waals surface area contributed by atoms with Crippen molar-refractivity contribution in [3.8, 4) is 0 Å². The summed E-state index contributed by atoms with van der Waals surface area (Å²) in [5.41, 5.74) is 5.06. The van der Waals surface area contributed by atoms with Gasteiger partial charge in [-0.2, -0.15) is 0 Å². The minimum Gasteiger partial charge on any atom is -0.348 e. The Labute approximate surface area is 138 Å². The SMILES string of the molecule is Cc1ccc(NC(=S)N2CCC(c3ccc(C)cc3)C2)cc1. The van der Waals surface area contributed by atoms with Crippen LogP contribution in [0.1, 0.15) is 29.0 Å². The van der Waals surface area contributed by atoms with Gasteiger partial charge in [-0.1, -0.05) is 47.5 Å². The van der Waals surface area contributed by atoms with Crippen LogP contribution in [0.3, 0.4) is 0 Å². The predicted molar refractivity (Wildman–Crippen MR) is 97.5 cm³/mol. The highest BCUT2D eigenvalue weighted by molar-refractivity contribution is 7.80. The number of thiocarbonyl (C=S) groups is 1. The Balaban J connectivity index is 1.61. The summed E-state index contributed by atoms with van der Waals surface area (Å²) in [6.45, 7) is 6.25. The summed E-state index contributed by atoms with van der Waals surface area (Å²) < 4.78 is 0. The van der Waals surface area contributed by atoms with Crippen molar-refractivity contribution >= 4 is 23.0 Å². The van der Waals surface area contributed by atoms with Gasteiger partial charge in [-0.05, 0) is 50.2 Å². The van der Waals surface area contributed by atoms with Crippen LogP contribution < -0.4 is 5.32 Å². The summed E-state index contributed by atoms with van der Waals surface area (Å²) >= 11 is 5.57. The standard InChI is InChI=1S/C19H22N2S/c1-14-3-7-16(8-4-14)17-11-12-21(13-17)19(22)20-18-9-5-15(2)6-10-18/h3-10,17H,11-13H2,1-2H3,(H,20,22). The molecule has 1 unspecified atom stereocenters. The van der Waals surface area contributed by atoms with E-state index in [-0.39, 0.29) is 0 Å². The molecule has 1 fully saturated rings. The molecule has 2 nitrogen and oxygen atoms in total. The van der Waals surface area contributed by atoms with E-state index < -0.39 is 0 Å². The summed E-state index contributed by atoms with van der Waals surface area (Å²) in [4.78, 5) is 2.28. The predicted octanol–water partition coefficient (Wildman–Crippen LogP) is 4.49. The third-order valence-corrected chi connectivity index (χ3v) is 4.69. The first-order valence-corrected chi connectivity index (χ1v) is 8.22. The van der Waals surface area contributed by atoms with Crippen LogP contribution in [0, 0.1) is 13.8 Å². The number of aryl methyl sites for hydroxylation is 2. The lowest BCUT2D eigenvalue weighted by atomic mass is 9.98. The van der Waals surface area contributed by atoms with E-state index in [0.717, 1.165) is 23.9 Å². The highest BCUT2D eigenvalue weighted by Crippen LogP contribution is 2.27. The molecule has 0 aliphatic carbocycles. The molecule has 3 rings (SSSR count). The van der Waals surface area contributed by atoms with Crippen molar-refractivity contribution in [2.75, 3.05) is 18.4 Å². The number of rotatable bonds is 2. The van der Waals surface area contributed by atoms with Gasteiger partial charge in [0.1, 0.15) is 0 Å². The van der Waals surface area contributed by atoms with E-state index in [1.165, 1.54) is 23.1 Å². The molecule has 3 heteroatoms. The normalized spacial score (nSPS) is 17.5. The minimum atomic E-state index is 0.582. The molecule has 0 aromatic heterocycles. The van der Waals surface area contributed by atoms with Gasteiger partial charge in [-0.25, -0.2) is 0 Å². The van der Waals surface area contributed by atoms with Gasteiger partial charge in [0.2, 0.25) is 0 Å². The lowest BCUT2D eigenvalue weighted by Crippen LogP contribution is -2.32. The van der Waals surface area contributed by atoms with Gasteiger partial charge in [0.25, 0.3) is 0 Å². The van der Waals surface area contributed by atoms with Crippen LogP contribution >= 0.6 is 12.2 Å². The van der Waals surface area contributed by atoms with Crippen LogP contribution in [0.4, 0.5) is 5.69 Å². The smallest absolute Gasteiger partial charge is 0.173 e. The lowest BCUT2D eigenvalue weighted by molar-refractivity contribution is 0.518. The molecule has 1 N–H and O–H groups in total. The van der Waals surface area contributed by atoms with E-state index in [9.17, 15) is 0 Å². The highest BCUT2D eigenvalue weighted by Gasteiger charge is 2.25. The van der Waals surface area contributed by atoms with Crippen molar-refractivity contribution < 1.29 is 0 Å². The van der Waals surface area contributed by atoms with E-state index in [4.69, 9.17) is 12.2 Å². The average molecular weight is 310 g/mol. The summed E-state index contributed by atoms with van der Waals surface area (Å²) in [5, 5.41) is 4.18. The van der Waals surface area contributed by atoms with Gasteiger partial charge >= 0.3 is 0 Å². The molecule has 0 radical (unpaired) electrons. The molecule has 1 aliphatic heterocycles. The molecule has 2 aromatic carbocycles. The molecule has 0 saturated carbocycles. The van der Waals surface area contributed by atoms with Gasteiger partial charge in [-0.3, -0.25) is 0 Å². The fraction of sp³-hybridized carbons (Fsp3) is 0.316. The van der Waals surface area contributed by atoms with Crippen LogP contribution in [0.2, 0.25) is 0 Å². The van der Waals surface area contributed by atoms with Gasteiger partial charge in [0.15, 0.2) is 5.11 Å².